The first-order chi connectivity index (χ1) is 17.5. The number of nitrogens with zero attached hydrogens (tertiary/aromatic N) is 2. The topological polar surface area (TPSA) is 138 Å². The van der Waals surface area contributed by atoms with Crippen molar-refractivity contribution in [3.63, 3.8) is 0 Å². The third-order valence-electron chi connectivity index (χ3n) is 5.24. The Morgan fingerprint density at radius 1 is 1.14 bits per heavy atom. The highest BCUT2D eigenvalue weighted by molar-refractivity contribution is 7.85. The Labute approximate surface area is 216 Å². The molecule has 0 radical (unpaired) electrons. The number of ether oxygens (including phenoxy) is 2. The van der Waals surface area contributed by atoms with E-state index in [1.165, 1.54) is 6.07 Å². The molecule has 0 aliphatic rings. The van der Waals surface area contributed by atoms with Gasteiger partial charge in [-0.1, -0.05) is 54.5 Å². The van der Waals surface area contributed by atoms with Crippen LogP contribution >= 0.6 is 0 Å². The summed E-state index contributed by atoms with van der Waals surface area (Å²) in [6, 6.07) is 16.4. The third-order valence-corrected chi connectivity index (χ3v) is 5.24. The fraction of sp³-hybridized carbons (Fsp3) is 0.360. The summed E-state index contributed by atoms with van der Waals surface area (Å²) in [6.07, 6.45) is 0.715. The molecular formula is C25H33FN4O6S. The first-order valence-corrected chi connectivity index (χ1v) is 13.2. The Morgan fingerprint density at radius 3 is 2.27 bits per heavy atom. The van der Waals surface area contributed by atoms with Crippen molar-refractivity contribution < 1.29 is 31.4 Å². The zero-order valence-electron chi connectivity index (χ0n) is 21.3. The minimum atomic E-state index is -3.67. The number of hydrogen-bond acceptors (Lipinski definition) is 7. The molecule has 0 spiro atoms. The van der Waals surface area contributed by atoms with Gasteiger partial charge in [-0.15, -0.1) is 0 Å². The molecule has 37 heavy (non-hydrogen) atoms. The molecule has 1 heterocycles. The Bertz CT molecular complexity index is 1220. The van der Waals surface area contributed by atoms with Gasteiger partial charge in [0.1, 0.15) is 5.82 Å². The molecule has 1 unspecified atom stereocenters. The molecule has 0 aliphatic carbocycles. The van der Waals surface area contributed by atoms with Gasteiger partial charge in [-0.3, -0.25) is 15.3 Å². The molecule has 0 aliphatic heterocycles. The summed E-state index contributed by atoms with van der Waals surface area (Å²) in [5.74, 6) is 0.0442. The van der Waals surface area contributed by atoms with Crippen molar-refractivity contribution in [2.75, 3.05) is 52.1 Å². The fourth-order valence-corrected chi connectivity index (χ4v) is 3.31. The lowest BCUT2D eigenvalue weighted by atomic mass is 9.95. The molecule has 3 N–H and O–H groups in total. The highest BCUT2D eigenvalue weighted by atomic mass is 32.2. The molecule has 3 rings (SSSR count). The van der Waals surface area contributed by atoms with Gasteiger partial charge in [0.2, 0.25) is 5.88 Å². The quantitative estimate of drug-likeness (QED) is 0.199. The number of methoxy groups -OCH3 is 2. The number of halogens is 1. The van der Waals surface area contributed by atoms with Crippen molar-refractivity contribution in [1.82, 2.24) is 10.1 Å². The smallest absolute Gasteiger partial charge is 0.261 e. The van der Waals surface area contributed by atoms with E-state index in [0.29, 0.717) is 49.7 Å². The normalized spacial score (nSPS) is 11.8. The molecule has 0 saturated carbocycles. The van der Waals surface area contributed by atoms with E-state index in [1.807, 2.05) is 43.3 Å². The second-order valence-corrected chi connectivity index (χ2v) is 9.59. The van der Waals surface area contributed by atoms with Gasteiger partial charge in [-0.05, 0) is 17.2 Å². The minimum Gasteiger partial charge on any atom is -0.383 e. The predicted molar refractivity (Wildman–Crippen MR) is 140 cm³/mol. The van der Waals surface area contributed by atoms with Crippen LogP contribution in [0.1, 0.15) is 24.1 Å². The number of rotatable bonds is 10. The van der Waals surface area contributed by atoms with Gasteiger partial charge in [-0.2, -0.15) is 8.42 Å². The van der Waals surface area contributed by atoms with E-state index in [0.717, 1.165) is 11.1 Å². The van der Waals surface area contributed by atoms with E-state index in [4.69, 9.17) is 24.0 Å². The molecule has 1 atom stereocenters. The number of guanidine groups is 1. The Balaban J connectivity index is 0.000000877. The summed E-state index contributed by atoms with van der Waals surface area (Å²) in [4.78, 5) is 1.79. The van der Waals surface area contributed by atoms with E-state index >= 15 is 0 Å². The number of benzene rings is 2. The zero-order valence-corrected chi connectivity index (χ0v) is 22.1. The molecular weight excluding hydrogens is 503 g/mol. The van der Waals surface area contributed by atoms with Crippen LogP contribution in [0.2, 0.25) is 0 Å². The van der Waals surface area contributed by atoms with E-state index in [1.54, 1.807) is 31.3 Å². The van der Waals surface area contributed by atoms with Gasteiger partial charge in [-0.25, -0.2) is 4.39 Å². The summed E-state index contributed by atoms with van der Waals surface area (Å²) in [5, 5.41) is 15.4. The van der Waals surface area contributed by atoms with Crippen LogP contribution in [0.5, 0.6) is 0 Å². The van der Waals surface area contributed by atoms with Gasteiger partial charge in [0.05, 0.1) is 25.2 Å². The third kappa shape index (κ3) is 10.3. The van der Waals surface area contributed by atoms with Crippen molar-refractivity contribution in [3.8, 4) is 11.1 Å². The lowest BCUT2D eigenvalue weighted by molar-refractivity contribution is 0.146. The van der Waals surface area contributed by atoms with Crippen molar-refractivity contribution in [2.24, 2.45) is 0 Å². The van der Waals surface area contributed by atoms with Crippen LogP contribution in [0, 0.1) is 11.2 Å². The largest absolute Gasteiger partial charge is 0.383 e. The highest BCUT2D eigenvalue weighted by Gasteiger charge is 2.18. The van der Waals surface area contributed by atoms with Gasteiger partial charge >= 0.3 is 0 Å². The SMILES string of the molecule is COCCN(CCOC)C(=N)Nc1cc(C(C)c2ccc(-c3ccccc3)c(F)c2)no1.CS(=O)(=O)O. The predicted octanol–water partition coefficient (Wildman–Crippen LogP) is 4.08. The summed E-state index contributed by atoms with van der Waals surface area (Å²) < 4.78 is 56.2. The van der Waals surface area contributed by atoms with E-state index in [-0.39, 0.29) is 17.7 Å². The number of aromatic nitrogens is 1. The lowest BCUT2D eigenvalue weighted by Gasteiger charge is -2.24. The summed E-state index contributed by atoms with van der Waals surface area (Å²) in [7, 11) is -0.435. The summed E-state index contributed by atoms with van der Waals surface area (Å²) in [5.41, 5.74) is 2.83. The Kier molecular flexibility index (Phi) is 11.7. The van der Waals surface area contributed by atoms with Gasteiger partial charge in [0.25, 0.3) is 10.1 Å². The molecule has 0 saturated heterocycles. The van der Waals surface area contributed by atoms with Crippen LogP contribution in [-0.4, -0.2) is 75.8 Å². The van der Waals surface area contributed by atoms with Crippen molar-refractivity contribution >= 4 is 22.0 Å². The van der Waals surface area contributed by atoms with Gasteiger partial charge < -0.3 is 18.9 Å². The lowest BCUT2D eigenvalue weighted by Crippen LogP contribution is -2.39. The maximum Gasteiger partial charge on any atom is 0.261 e. The molecule has 0 fully saturated rings. The van der Waals surface area contributed by atoms with Crippen LogP contribution in [0.15, 0.2) is 59.1 Å². The second kappa shape index (κ2) is 14.4. The van der Waals surface area contributed by atoms with Crippen molar-refractivity contribution in [3.05, 3.63) is 71.7 Å². The average Bonchev–Trinajstić information content (AvgIpc) is 3.31. The molecule has 0 amide bonds. The van der Waals surface area contributed by atoms with Gasteiger partial charge in [0.15, 0.2) is 5.96 Å². The highest BCUT2D eigenvalue weighted by Crippen LogP contribution is 2.30. The zero-order chi connectivity index (χ0) is 27.4. The van der Waals surface area contributed by atoms with E-state index in [9.17, 15) is 12.8 Å². The Morgan fingerprint density at radius 2 is 1.73 bits per heavy atom. The van der Waals surface area contributed by atoms with Crippen LogP contribution in [0.3, 0.4) is 0 Å². The number of hydrogen-bond donors (Lipinski definition) is 3. The maximum absolute atomic E-state index is 14.8. The first kappa shape index (κ1) is 29.9. The average molecular weight is 537 g/mol. The van der Waals surface area contributed by atoms with Crippen LogP contribution in [-0.2, 0) is 19.6 Å². The monoisotopic (exact) mass is 536 g/mol. The number of nitrogens with one attached hydrogen (secondary N) is 2. The van der Waals surface area contributed by atoms with Crippen molar-refractivity contribution in [1.29, 1.82) is 5.41 Å². The minimum absolute atomic E-state index is 0.160. The summed E-state index contributed by atoms with van der Waals surface area (Å²) >= 11 is 0. The van der Waals surface area contributed by atoms with Crippen LogP contribution < -0.4 is 5.32 Å². The Hall–Kier alpha value is -3.32. The van der Waals surface area contributed by atoms with Crippen molar-refractivity contribution in [2.45, 2.75) is 12.8 Å². The molecule has 12 heteroatoms. The van der Waals surface area contributed by atoms with Gasteiger partial charge in [0, 0.05) is 44.9 Å². The first-order valence-electron chi connectivity index (χ1n) is 11.4. The molecule has 3 aromatic rings. The standard InChI is InChI=1S/C24H29FN4O3.CH4O3S/c1-17(19-9-10-20(21(25)15-19)18-7-5-4-6-8-18)22-16-23(32-28-22)27-24(26)29(11-13-30-2)12-14-31-3;1-5(2,3)4/h4-10,15-17H,11-14H2,1-3H3,(H2,26,27);1H3,(H,2,3,4). The second-order valence-electron chi connectivity index (χ2n) is 8.12. The molecule has 2 aromatic carbocycles. The molecule has 10 nitrogen and oxygen atoms in total. The fourth-order valence-electron chi connectivity index (χ4n) is 3.31. The van der Waals surface area contributed by atoms with Crippen LogP contribution in [0.25, 0.3) is 11.1 Å². The van der Waals surface area contributed by atoms with E-state index in [2.05, 4.69) is 10.5 Å². The molecule has 0 bridgehead atoms. The van der Waals surface area contributed by atoms with E-state index < -0.39 is 10.1 Å². The molecule has 202 valence electrons. The van der Waals surface area contributed by atoms with Crippen LogP contribution in [0.4, 0.5) is 10.3 Å². The summed E-state index contributed by atoms with van der Waals surface area (Å²) in [6.45, 7) is 3.98. The number of anilines is 1. The molecule has 1 aromatic heterocycles. The maximum atomic E-state index is 14.8.